The monoisotopic (exact) mass is 383 g/mol. The van der Waals surface area contributed by atoms with Gasteiger partial charge >= 0.3 is 5.97 Å². The smallest absolute Gasteiger partial charge is 0.327 e. The third-order valence-electron chi connectivity index (χ3n) is 3.70. The van der Waals surface area contributed by atoms with Crippen LogP contribution in [-0.4, -0.2) is 39.8 Å². The first-order valence-electron chi connectivity index (χ1n) is 7.47. The molecular formula is C17H18FNO6S. The van der Waals surface area contributed by atoms with Crippen LogP contribution in [0.5, 0.6) is 11.5 Å². The van der Waals surface area contributed by atoms with Crippen LogP contribution in [0, 0.1) is 5.82 Å². The van der Waals surface area contributed by atoms with Crippen LogP contribution in [0.4, 0.5) is 10.1 Å². The Kier molecular flexibility index (Phi) is 5.71. The first kappa shape index (κ1) is 19.5. The molecule has 0 heterocycles. The van der Waals surface area contributed by atoms with Gasteiger partial charge in [0.2, 0.25) is 0 Å². The number of carboxylic acid groups (broad SMARTS) is 1. The van der Waals surface area contributed by atoms with Gasteiger partial charge in [0.15, 0.2) is 0 Å². The number of benzene rings is 2. The van der Waals surface area contributed by atoms with Crippen LogP contribution in [0.3, 0.4) is 0 Å². The van der Waals surface area contributed by atoms with Gasteiger partial charge in [0.05, 0.1) is 24.8 Å². The molecule has 0 spiro atoms. The zero-order chi connectivity index (χ0) is 19.5. The maximum absolute atomic E-state index is 13.2. The summed E-state index contributed by atoms with van der Waals surface area (Å²) in [5.74, 6) is -1.44. The minimum atomic E-state index is -4.30. The number of ether oxygens (including phenoxy) is 2. The van der Waals surface area contributed by atoms with Crippen molar-refractivity contribution in [3.8, 4) is 11.5 Å². The molecule has 0 aliphatic heterocycles. The third-order valence-corrected chi connectivity index (χ3v) is 5.60. The number of carbonyl (C=O) groups is 1. The van der Waals surface area contributed by atoms with Crippen molar-refractivity contribution >= 4 is 21.7 Å². The fourth-order valence-corrected chi connectivity index (χ4v) is 3.96. The van der Waals surface area contributed by atoms with Crippen LogP contribution >= 0.6 is 0 Å². The van der Waals surface area contributed by atoms with Gasteiger partial charge in [-0.2, -0.15) is 0 Å². The average Bonchev–Trinajstić information content (AvgIpc) is 2.62. The fourth-order valence-electron chi connectivity index (χ4n) is 2.33. The van der Waals surface area contributed by atoms with Crippen molar-refractivity contribution in [2.24, 2.45) is 0 Å². The van der Waals surface area contributed by atoms with Crippen molar-refractivity contribution in [3.63, 3.8) is 0 Å². The predicted molar refractivity (Wildman–Crippen MR) is 92.7 cm³/mol. The first-order chi connectivity index (χ1) is 12.2. The standard InChI is InChI=1S/C17H18FNO6S/c1-11(17(20)21)19(15-9-6-13(24-2)10-16(15)25-3)26(22,23)14-7-4-12(18)5-8-14/h4-11H,1-3H3,(H,20,21). The van der Waals surface area contributed by atoms with Crippen molar-refractivity contribution in [1.29, 1.82) is 0 Å². The molecule has 0 fully saturated rings. The summed E-state index contributed by atoms with van der Waals surface area (Å²) in [5.41, 5.74) is 0.0209. The molecule has 0 aliphatic carbocycles. The van der Waals surface area contributed by atoms with Crippen LogP contribution in [0.15, 0.2) is 47.4 Å². The molecule has 1 unspecified atom stereocenters. The highest BCUT2D eigenvalue weighted by Crippen LogP contribution is 2.36. The van der Waals surface area contributed by atoms with Crippen molar-refractivity contribution in [3.05, 3.63) is 48.3 Å². The van der Waals surface area contributed by atoms with Gasteiger partial charge in [-0.15, -0.1) is 0 Å². The molecule has 0 amide bonds. The topological polar surface area (TPSA) is 93.1 Å². The number of anilines is 1. The number of hydrogen-bond donors (Lipinski definition) is 1. The Morgan fingerprint density at radius 1 is 1.12 bits per heavy atom. The molecule has 0 radical (unpaired) electrons. The zero-order valence-electron chi connectivity index (χ0n) is 14.3. The minimum absolute atomic E-state index is 0.0209. The second-order valence-corrected chi connectivity index (χ2v) is 7.12. The van der Waals surface area contributed by atoms with Gasteiger partial charge in [-0.05, 0) is 43.3 Å². The van der Waals surface area contributed by atoms with E-state index in [-0.39, 0.29) is 16.3 Å². The highest BCUT2D eigenvalue weighted by Gasteiger charge is 2.35. The molecule has 0 saturated heterocycles. The molecule has 0 bridgehead atoms. The number of aliphatic carboxylic acids is 1. The van der Waals surface area contributed by atoms with Gasteiger partial charge in [-0.3, -0.25) is 0 Å². The van der Waals surface area contributed by atoms with E-state index in [9.17, 15) is 22.7 Å². The predicted octanol–water partition coefficient (Wildman–Crippen LogP) is 2.51. The van der Waals surface area contributed by atoms with E-state index in [0.29, 0.717) is 5.75 Å². The van der Waals surface area contributed by atoms with Crippen LogP contribution < -0.4 is 13.8 Å². The summed E-state index contributed by atoms with van der Waals surface area (Å²) in [7, 11) is -1.54. The maximum Gasteiger partial charge on any atom is 0.327 e. The molecule has 2 aromatic carbocycles. The Labute approximate surface area is 150 Å². The Morgan fingerprint density at radius 2 is 1.73 bits per heavy atom. The van der Waals surface area contributed by atoms with Crippen LogP contribution in [0.25, 0.3) is 0 Å². The summed E-state index contributed by atoms with van der Waals surface area (Å²) >= 11 is 0. The highest BCUT2D eigenvalue weighted by atomic mass is 32.2. The molecule has 9 heteroatoms. The number of hydrogen-bond acceptors (Lipinski definition) is 5. The maximum atomic E-state index is 13.2. The Bertz CT molecular complexity index is 898. The summed E-state index contributed by atoms with van der Waals surface area (Å²) in [6.07, 6.45) is 0. The highest BCUT2D eigenvalue weighted by molar-refractivity contribution is 7.93. The Balaban J connectivity index is 2.68. The van der Waals surface area contributed by atoms with Crippen molar-refractivity contribution in [2.75, 3.05) is 18.5 Å². The number of methoxy groups -OCH3 is 2. The lowest BCUT2D eigenvalue weighted by Crippen LogP contribution is -2.43. The molecule has 2 rings (SSSR count). The van der Waals surface area contributed by atoms with E-state index in [0.717, 1.165) is 28.6 Å². The largest absolute Gasteiger partial charge is 0.497 e. The molecular weight excluding hydrogens is 365 g/mol. The van der Waals surface area contributed by atoms with Gasteiger partial charge in [-0.1, -0.05) is 0 Å². The molecule has 26 heavy (non-hydrogen) atoms. The van der Waals surface area contributed by atoms with Crippen molar-refractivity contribution < 1.29 is 32.2 Å². The van der Waals surface area contributed by atoms with Gasteiger partial charge in [-0.25, -0.2) is 21.9 Å². The average molecular weight is 383 g/mol. The summed E-state index contributed by atoms with van der Waals surface area (Å²) in [5, 5.41) is 9.40. The van der Waals surface area contributed by atoms with Crippen molar-refractivity contribution in [2.45, 2.75) is 17.9 Å². The Morgan fingerprint density at radius 3 is 2.23 bits per heavy atom. The minimum Gasteiger partial charge on any atom is -0.497 e. The van der Waals surface area contributed by atoms with Crippen LogP contribution in [-0.2, 0) is 14.8 Å². The third kappa shape index (κ3) is 3.72. The van der Waals surface area contributed by atoms with Crippen LogP contribution in [0.2, 0.25) is 0 Å². The first-order valence-corrected chi connectivity index (χ1v) is 8.91. The zero-order valence-corrected chi connectivity index (χ0v) is 15.2. The van der Waals surface area contributed by atoms with Gasteiger partial charge < -0.3 is 14.6 Å². The number of rotatable bonds is 7. The lowest BCUT2D eigenvalue weighted by Gasteiger charge is -2.29. The van der Waals surface area contributed by atoms with E-state index in [1.165, 1.54) is 39.3 Å². The van der Waals surface area contributed by atoms with E-state index in [1.807, 2.05) is 0 Å². The molecule has 0 aliphatic rings. The summed E-state index contributed by atoms with van der Waals surface area (Å²) in [4.78, 5) is 11.3. The molecule has 2 aromatic rings. The molecule has 1 atom stereocenters. The molecule has 7 nitrogen and oxygen atoms in total. The molecule has 140 valence electrons. The quantitative estimate of drug-likeness (QED) is 0.790. The number of sulfonamides is 1. The van der Waals surface area contributed by atoms with Gasteiger partial charge in [0.25, 0.3) is 10.0 Å². The van der Waals surface area contributed by atoms with E-state index in [2.05, 4.69) is 0 Å². The number of carboxylic acids is 1. The number of halogens is 1. The second-order valence-electron chi connectivity index (χ2n) is 5.31. The lowest BCUT2D eigenvalue weighted by atomic mass is 10.2. The van der Waals surface area contributed by atoms with Crippen molar-refractivity contribution in [1.82, 2.24) is 0 Å². The van der Waals surface area contributed by atoms with Gasteiger partial charge in [0.1, 0.15) is 23.4 Å². The summed E-state index contributed by atoms with van der Waals surface area (Å²) in [6, 6.07) is 7.00. The number of nitrogens with zero attached hydrogens (tertiary/aromatic N) is 1. The van der Waals surface area contributed by atoms with Gasteiger partial charge in [0, 0.05) is 6.07 Å². The van der Waals surface area contributed by atoms with E-state index in [1.54, 1.807) is 0 Å². The summed E-state index contributed by atoms with van der Waals surface area (Å²) < 4.78 is 50.3. The SMILES string of the molecule is COc1ccc(N(C(C)C(=O)O)S(=O)(=O)c2ccc(F)cc2)c(OC)c1. The van der Waals surface area contributed by atoms with E-state index < -0.39 is 27.9 Å². The normalized spacial score (nSPS) is 12.3. The fraction of sp³-hybridized carbons (Fsp3) is 0.235. The molecule has 0 aromatic heterocycles. The second kappa shape index (κ2) is 7.61. The Hall–Kier alpha value is -2.81. The van der Waals surface area contributed by atoms with E-state index >= 15 is 0 Å². The van der Waals surface area contributed by atoms with E-state index in [4.69, 9.17) is 9.47 Å². The molecule has 1 N–H and O–H groups in total. The molecule has 0 saturated carbocycles. The van der Waals surface area contributed by atoms with Crippen LogP contribution in [0.1, 0.15) is 6.92 Å². The lowest BCUT2D eigenvalue weighted by molar-refractivity contribution is -0.137. The summed E-state index contributed by atoms with van der Waals surface area (Å²) in [6.45, 7) is 1.23.